The second kappa shape index (κ2) is 2.95. The first kappa shape index (κ1) is 8.43. The molecular formula is C9H6N2O3. The summed E-state index contributed by atoms with van der Waals surface area (Å²) in [6.45, 7) is 0. The predicted molar refractivity (Wildman–Crippen MR) is 49.6 cm³/mol. The standard InChI is InChI=1S/C9H6N2O3/c12-10-5-1-2-7-3-4-8(11(13)14)6-9(7)10/h1-6H. The first-order valence-corrected chi connectivity index (χ1v) is 3.95. The Bertz CT molecular complexity index is 510. The van der Waals surface area contributed by atoms with Gasteiger partial charge in [0, 0.05) is 17.5 Å². The molecule has 0 atom stereocenters. The molecule has 0 aliphatic rings. The molecular weight excluding hydrogens is 184 g/mol. The summed E-state index contributed by atoms with van der Waals surface area (Å²) in [6.07, 6.45) is 1.31. The fraction of sp³-hybridized carbons (Fsp3) is 0. The quantitative estimate of drug-likeness (QED) is 0.295. The first-order chi connectivity index (χ1) is 6.68. The van der Waals surface area contributed by atoms with Crippen molar-refractivity contribution in [2.24, 2.45) is 0 Å². The van der Waals surface area contributed by atoms with Gasteiger partial charge in [0.25, 0.3) is 5.69 Å². The van der Waals surface area contributed by atoms with E-state index in [-0.39, 0.29) is 5.69 Å². The summed E-state index contributed by atoms with van der Waals surface area (Å²) in [4.78, 5) is 9.93. The molecule has 0 radical (unpaired) electrons. The molecule has 0 spiro atoms. The van der Waals surface area contributed by atoms with E-state index in [1.165, 1.54) is 18.3 Å². The van der Waals surface area contributed by atoms with Crippen molar-refractivity contribution in [3.8, 4) is 0 Å². The molecule has 1 heterocycles. The number of nitro groups is 1. The van der Waals surface area contributed by atoms with Gasteiger partial charge in [0.05, 0.1) is 11.0 Å². The van der Waals surface area contributed by atoms with E-state index in [2.05, 4.69) is 0 Å². The summed E-state index contributed by atoms with van der Waals surface area (Å²) in [5.41, 5.74) is 0.231. The van der Waals surface area contributed by atoms with Crippen molar-refractivity contribution in [2.75, 3.05) is 0 Å². The number of aromatic nitrogens is 1. The molecule has 1 aromatic heterocycles. The van der Waals surface area contributed by atoms with Crippen molar-refractivity contribution in [3.63, 3.8) is 0 Å². The molecule has 0 saturated carbocycles. The van der Waals surface area contributed by atoms with Gasteiger partial charge in [-0.2, -0.15) is 4.73 Å². The summed E-state index contributed by atoms with van der Waals surface area (Å²) in [6, 6.07) is 7.53. The van der Waals surface area contributed by atoms with Crippen molar-refractivity contribution in [1.82, 2.24) is 0 Å². The Morgan fingerprint density at radius 1 is 1.29 bits per heavy atom. The topological polar surface area (TPSA) is 70.1 Å². The van der Waals surface area contributed by atoms with E-state index in [4.69, 9.17) is 0 Å². The van der Waals surface area contributed by atoms with Gasteiger partial charge in [-0.3, -0.25) is 10.1 Å². The van der Waals surface area contributed by atoms with Gasteiger partial charge in [0.1, 0.15) is 0 Å². The highest BCUT2D eigenvalue weighted by atomic mass is 16.6. The third-order valence-corrected chi connectivity index (χ3v) is 1.96. The third-order valence-electron chi connectivity index (χ3n) is 1.96. The Morgan fingerprint density at radius 3 is 2.79 bits per heavy atom. The van der Waals surface area contributed by atoms with Gasteiger partial charge < -0.3 is 5.21 Å². The average molecular weight is 190 g/mol. The van der Waals surface area contributed by atoms with E-state index in [1.54, 1.807) is 18.2 Å². The molecule has 0 aliphatic carbocycles. The minimum atomic E-state index is -0.521. The van der Waals surface area contributed by atoms with E-state index in [0.29, 0.717) is 15.6 Å². The molecule has 0 amide bonds. The van der Waals surface area contributed by atoms with Crippen molar-refractivity contribution < 1.29 is 9.65 Å². The van der Waals surface area contributed by atoms with Gasteiger partial charge in [-0.15, -0.1) is 0 Å². The molecule has 2 aromatic rings. The molecule has 0 unspecified atom stereocenters. The van der Waals surface area contributed by atoms with E-state index in [0.717, 1.165) is 0 Å². The summed E-state index contributed by atoms with van der Waals surface area (Å²) < 4.78 is 0.613. The maximum atomic E-state index is 11.2. The number of rotatable bonds is 1. The maximum absolute atomic E-state index is 11.2. The van der Waals surface area contributed by atoms with Crippen molar-refractivity contribution in [1.29, 1.82) is 0 Å². The normalized spacial score (nSPS) is 10.3. The van der Waals surface area contributed by atoms with E-state index >= 15 is 0 Å². The largest absolute Gasteiger partial charge is 0.618 e. The zero-order valence-electron chi connectivity index (χ0n) is 7.08. The van der Waals surface area contributed by atoms with Gasteiger partial charge in [0.15, 0.2) is 6.20 Å². The molecule has 2 rings (SSSR count). The van der Waals surface area contributed by atoms with Gasteiger partial charge in [-0.25, -0.2) is 0 Å². The highest BCUT2D eigenvalue weighted by Crippen LogP contribution is 2.17. The Kier molecular flexibility index (Phi) is 1.78. The number of pyridine rings is 1. The van der Waals surface area contributed by atoms with E-state index < -0.39 is 4.92 Å². The zero-order valence-corrected chi connectivity index (χ0v) is 7.08. The molecule has 14 heavy (non-hydrogen) atoms. The number of fused-ring (bicyclic) bond motifs is 1. The number of hydrogen-bond donors (Lipinski definition) is 0. The van der Waals surface area contributed by atoms with E-state index in [1.807, 2.05) is 0 Å². The van der Waals surface area contributed by atoms with Crippen LogP contribution in [0.25, 0.3) is 10.9 Å². The molecule has 5 nitrogen and oxygen atoms in total. The second-order valence-corrected chi connectivity index (χ2v) is 2.83. The summed E-state index contributed by atoms with van der Waals surface area (Å²) in [5.74, 6) is 0. The highest BCUT2D eigenvalue weighted by molar-refractivity contribution is 5.77. The molecule has 0 saturated heterocycles. The van der Waals surface area contributed by atoms with Crippen LogP contribution >= 0.6 is 0 Å². The number of non-ortho nitro benzene ring substituents is 1. The van der Waals surface area contributed by atoms with Crippen LogP contribution in [0.1, 0.15) is 0 Å². The lowest BCUT2D eigenvalue weighted by Gasteiger charge is -1.99. The fourth-order valence-electron chi connectivity index (χ4n) is 1.28. The van der Waals surface area contributed by atoms with Crippen LogP contribution in [0, 0.1) is 15.3 Å². The lowest BCUT2D eigenvalue weighted by atomic mass is 10.2. The van der Waals surface area contributed by atoms with Crippen LogP contribution in [0.15, 0.2) is 36.5 Å². The summed E-state index contributed by atoms with van der Waals surface area (Å²) in [5, 5.41) is 22.4. The Morgan fingerprint density at radius 2 is 2.07 bits per heavy atom. The van der Waals surface area contributed by atoms with Gasteiger partial charge >= 0.3 is 0 Å². The molecule has 0 fully saturated rings. The van der Waals surface area contributed by atoms with Crippen LogP contribution in [-0.2, 0) is 0 Å². The first-order valence-electron chi connectivity index (χ1n) is 3.95. The van der Waals surface area contributed by atoms with Crippen LogP contribution in [0.2, 0.25) is 0 Å². The third kappa shape index (κ3) is 1.24. The molecule has 70 valence electrons. The lowest BCUT2D eigenvalue weighted by Crippen LogP contribution is -2.25. The van der Waals surface area contributed by atoms with Crippen LogP contribution < -0.4 is 4.73 Å². The zero-order chi connectivity index (χ0) is 10.1. The smallest absolute Gasteiger partial charge is 0.276 e. The van der Waals surface area contributed by atoms with Crippen molar-refractivity contribution in [3.05, 3.63) is 51.9 Å². The van der Waals surface area contributed by atoms with Crippen LogP contribution in [-0.4, -0.2) is 4.92 Å². The van der Waals surface area contributed by atoms with Gasteiger partial charge in [0.2, 0.25) is 5.52 Å². The summed E-state index contributed by atoms with van der Waals surface area (Å²) in [7, 11) is 0. The minimum Gasteiger partial charge on any atom is -0.618 e. The second-order valence-electron chi connectivity index (χ2n) is 2.83. The van der Waals surface area contributed by atoms with Crippen molar-refractivity contribution >= 4 is 16.6 Å². The lowest BCUT2D eigenvalue weighted by molar-refractivity contribution is -0.577. The molecule has 0 aliphatic heterocycles. The molecule has 1 aromatic carbocycles. The Balaban J connectivity index is 2.76. The number of nitrogens with zero attached hydrogens (tertiary/aromatic N) is 2. The molecule has 0 N–H and O–H groups in total. The van der Waals surface area contributed by atoms with Crippen LogP contribution in [0.5, 0.6) is 0 Å². The fourth-order valence-corrected chi connectivity index (χ4v) is 1.28. The van der Waals surface area contributed by atoms with Gasteiger partial charge in [-0.05, 0) is 12.1 Å². The maximum Gasteiger partial charge on any atom is 0.276 e. The van der Waals surface area contributed by atoms with Crippen LogP contribution in [0.3, 0.4) is 0 Å². The Labute approximate surface area is 78.9 Å². The van der Waals surface area contributed by atoms with E-state index in [9.17, 15) is 15.3 Å². The number of nitro benzene ring substituents is 1. The van der Waals surface area contributed by atoms with Crippen molar-refractivity contribution in [2.45, 2.75) is 0 Å². The molecule has 0 bridgehead atoms. The number of benzene rings is 1. The SMILES string of the molecule is O=[N+]([O-])c1ccc2ccc[n+]([O-])c2c1. The minimum absolute atomic E-state index is 0.0756. The van der Waals surface area contributed by atoms with Crippen LogP contribution in [0.4, 0.5) is 5.69 Å². The van der Waals surface area contributed by atoms with Gasteiger partial charge in [-0.1, -0.05) is 0 Å². The molecule has 5 heteroatoms. The highest BCUT2D eigenvalue weighted by Gasteiger charge is 2.10. The average Bonchev–Trinajstić information content (AvgIpc) is 2.18. The monoisotopic (exact) mass is 190 g/mol. The number of hydrogen-bond acceptors (Lipinski definition) is 3. The summed E-state index contributed by atoms with van der Waals surface area (Å²) >= 11 is 0. The Hall–Kier alpha value is -2.17. The predicted octanol–water partition coefficient (Wildman–Crippen LogP) is 1.38.